The predicted molar refractivity (Wildman–Crippen MR) is 70.9 cm³/mol. The molecule has 0 aliphatic rings. The van der Waals surface area contributed by atoms with Crippen molar-refractivity contribution in [2.45, 2.75) is 6.42 Å². The van der Waals surface area contributed by atoms with E-state index in [2.05, 4.69) is 0 Å². The summed E-state index contributed by atoms with van der Waals surface area (Å²) in [5.41, 5.74) is 0.572. The Morgan fingerprint density at radius 3 is 2.33 bits per heavy atom. The van der Waals surface area contributed by atoms with Gasteiger partial charge in [-0.2, -0.15) is 0 Å². The molecule has 0 radical (unpaired) electrons. The van der Waals surface area contributed by atoms with Crippen molar-refractivity contribution in [3.63, 3.8) is 0 Å². The van der Waals surface area contributed by atoms with E-state index >= 15 is 0 Å². The van der Waals surface area contributed by atoms with Crippen molar-refractivity contribution in [1.29, 1.82) is 0 Å². The second kappa shape index (κ2) is 5.51. The van der Waals surface area contributed by atoms with E-state index < -0.39 is 5.82 Å². The van der Waals surface area contributed by atoms with Crippen LogP contribution in [0.15, 0.2) is 42.5 Å². The molecule has 2 aromatic carbocycles. The molecule has 0 aliphatic carbocycles. The predicted octanol–water partition coefficient (Wildman–Crippen LogP) is 4.56. The lowest BCUT2D eigenvalue weighted by molar-refractivity contribution is 0.0992. The Morgan fingerprint density at radius 2 is 1.67 bits per heavy atom. The normalized spacial score (nSPS) is 10.4. The minimum atomic E-state index is -0.483. The molecule has 0 saturated carbocycles. The van der Waals surface area contributed by atoms with Crippen molar-refractivity contribution < 1.29 is 9.18 Å². The van der Waals surface area contributed by atoms with Crippen LogP contribution in [0.25, 0.3) is 0 Å². The van der Waals surface area contributed by atoms with E-state index in [-0.39, 0.29) is 22.8 Å². The van der Waals surface area contributed by atoms with Crippen LogP contribution in [0, 0.1) is 5.82 Å². The first-order valence-corrected chi connectivity index (χ1v) is 6.06. The maximum Gasteiger partial charge on any atom is 0.168 e. The minimum absolute atomic E-state index is 0.102. The van der Waals surface area contributed by atoms with Gasteiger partial charge in [0, 0.05) is 22.6 Å². The van der Waals surface area contributed by atoms with E-state index in [4.69, 9.17) is 23.2 Å². The van der Waals surface area contributed by atoms with Crippen LogP contribution in [0.3, 0.4) is 0 Å². The lowest BCUT2D eigenvalue weighted by atomic mass is 10.0. The number of carbonyl (C=O) groups is 1. The molecule has 4 heteroatoms. The quantitative estimate of drug-likeness (QED) is 0.755. The summed E-state index contributed by atoms with van der Waals surface area (Å²) in [5.74, 6) is -0.740. The van der Waals surface area contributed by atoms with E-state index in [0.717, 1.165) is 0 Å². The van der Waals surface area contributed by atoms with Gasteiger partial charge in [0.25, 0.3) is 0 Å². The van der Waals surface area contributed by atoms with Crippen molar-refractivity contribution in [3.8, 4) is 0 Å². The Bertz CT molecular complexity index is 576. The number of rotatable bonds is 3. The summed E-state index contributed by atoms with van der Waals surface area (Å²) in [6.07, 6.45) is -0.102. The molecule has 0 bridgehead atoms. The fourth-order valence-electron chi connectivity index (χ4n) is 1.64. The van der Waals surface area contributed by atoms with Crippen molar-refractivity contribution in [2.75, 3.05) is 0 Å². The van der Waals surface area contributed by atoms with Gasteiger partial charge in [-0.15, -0.1) is 0 Å². The summed E-state index contributed by atoms with van der Waals surface area (Å²) in [6.45, 7) is 0. The zero-order chi connectivity index (χ0) is 13.1. The van der Waals surface area contributed by atoms with Crippen molar-refractivity contribution in [1.82, 2.24) is 0 Å². The second-order valence-corrected chi connectivity index (χ2v) is 4.59. The van der Waals surface area contributed by atoms with Crippen molar-refractivity contribution >= 4 is 29.0 Å². The minimum Gasteiger partial charge on any atom is -0.294 e. The average molecular weight is 283 g/mol. The maximum absolute atomic E-state index is 13.6. The highest BCUT2D eigenvalue weighted by Crippen LogP contribution is 2.23. The zero-order valence-electron chi connectivity index (χ0n) is 9.29. The third-order valence-electron chi connectivity index (χ3n) is 2.57. The third-order valence-corrected chi connectivity index (χ3v) is 3.26. The van der Waals surface area contributed by atoms with Crippen molar-refractivity contribution in [3.05, 3.63) is 69.5 Å². The van der Waals surface area contributed by atoms with Gasteiger partial charge in [0.15, 0.2) is 5.78 Å². The number of Topliss-reactive ketones (excluding diaryl/α,β-unsaturated/α-hetero) is 1. The van der Waals surface area contributed by atoms with Gasteiger partial charge in [-0.1, -0.05) is 41.4 Å². The van der Waals surface area contributed by atoms with E-state index in [1.54, 1.807) is 30.3 Å². The van der Waals surface area contributed by atoms with Crippen LogP contribution in [0.1, 0.15) is 15.9 Å². The van der Waals surface area contributed by atoms with E-state index in [9.17, 15) is 9.18 Å². The first-order chi connectivity index (χ1) is 8.59. The number of carbonyl (C=O) groups excluding carboxylic acids is 1. The summed E-state index contributed by atoms with van der Waals surface area (Å²) in [5, 5.41) is 0.602. The molecule has 0 saturated heterocycles. The van der Waals surface area contributed by atoms with E-state index in [0.29, 0.717) is 10.6 Å². The molecule has 0 heterocycles. The molecule has 0 aliphatic heterocycles. The van der Waals surface area contributed by atoms with Crippen LogP contribution >= 0.6 is 23.2 Å². The van der Waals surface area contributed by atoms with Gasteiger partial charge in [0.1, 0.15) is 5.82 Å². The Labute approximate surface area is 114 Å². The lowest BCUT2D eigenvalue weighted by Gasteiger charge is -2.06. The Hall–Kier alpha value is -1.38. The molecule has 2 rings (SSSR count). The lowest BCUT2D eigenvalue weighted by Crippen LogP contribution is -2.06. The van der Waals surface area contributed by atoms with Gasteiger partial charge < -0.3 is 0 Å². The number of hydrogen-bond donors (Lipinski definition) is 0. The van der Waals surface area contributed by atoms with Gasteiger partial charge in [-0.05, 0) is 24.3 Å². The zero-order valence-corrected chi connectivity index (χ0v) is 10.8. The topological polar surface area (TPSA) is 17.1 Å². The van der Waals surface area contributed by atoms with E-state index in [1.807, 2.05) is 0 Å². The summed E-state index contributed by atoms with van der Waals surface area (Å²) >= 11 is 11.8. The first kappa shape index (κ1) is 13.1. The standard InChI is InChI=1S/C14H9Cl2FO/c15-11-5-2-1-4-9(11)14(18)8-10-12(16)6-3-7-13(10)17/h1-7H,8H2. The molecule has 0 atom stereocenters. The number of hydrogen-bond acceptors (Lipinski definition) is 1. The molecule has 0 fully saturated rings. The highest BCUT2D eigenvalue weighted by Gasteiger charge is 2.15. The van der Waals surface area contributed by atoms with Crippen LogP contribution in [0.2, 0.25) is 10.0 Å². The van der Waals surface area contributed by atoms with Gasteiger partial charge >= 0.3 is 0 Å². The average Bonchev–Trinajstić information content (AvgIpc) is 2.34. The van der Waals surface area contributed by atoms with Crippen LogP contribution in [0.4, 0.5) is 4.39 Å². The second-order valence-electron chi connectivity index (χ2n) is 3.78. The smallest absolute Gasteiger partial charge is 0.168 e. The molecule has 18 heavy (non-hydrogen) atoms. The number of benzene rings is 2. The van der Waals surface area contributed by atoms with Gasteiger partial charge in [-0.25, -0.2) is 4.39 Å². The van der Waals surface area contributed by atoms with Gasteiger partial charge in [0.05, 0.1) is 5.02 Å². The molecule has 0 unspecified atom stereocenters. The molecule has 92 valence electrons. The summed E-state index contributed by atoms with van der Waals surface area (Å²) in [6, 6.07) is 11.0. The largest absolute Gasteiger partial charge is 0.294 e. The number of halogens is 3. The molecular weight excluding hydrogens is 274 g/mol. The van der Waals surface area contributed by atoms with Crippen LogP contribution in [-0.2, 0) is 6.42 Å². The molecule has 0 amide bonds. The monoisotopic (exact) mass is 282 g/mol. The Morgan fingerprint density at radius 1 is 1.00 bits per heavy atom. The fourth-order valence-corrected chi connectivity index (χ4v) is 2.12. The third kappa shape index (κ3) is 2.71. The number of ketones is 1. The molecule has 0 spiro atoms. The first-order valence-electron chi connectivity index (χ1n) is 5.30. The van der Waals surface area contributed by atoms with E-state index in [1.165, 1.54) is 12.1 Å². The maximum atomic E-state index is 13.6. The van der Waals surface area contributed by atoms with Crippen LogP contribution < -0.4 is 0 Å². The van der Waals surface area contributed by atoms with Crippen molar-refractivity contribution in [2.24, 2.45) is 0 Å². The molecule has 0 N–H and O–H groups in total. The Kier molecular flexibility index (Phi) is 4.00. The SMILES string of the molecule is O=C(Cc1c(F)cccc1Cl)c1ccccc1Cl. The Balaban J connectivity index is 2.30. The molecule has 2 aromatic rings. The summed E-state index contributed by atoms with van der Waals surface area (Å²) < 4.78 is 13.6. The summed E-state index contributed by atoms with van der Waals surface area (Å²) in [4.78, 5) is 12.0. The van der Waals surface area contributed by atoms with Crippen LogP contribution in [0.5, 0.6) is 0 Å². The fraction of sp³-hybridized carbons (Fsp3) is 0.0714. The van der Waals surface area contributed by atoms with Gasteiger partial charge in [0.2, 0.25) is 0 Å². The summed E-state index contributed by atoms with van der Waals surface area (Å²) in [7, 11) is 0. The molecular formula is C14H9Cl2FO. The van der Waals surface area contributed by atoms with Crippen LogP contribution in [-0.4, -0.2) is 5.78 Å². The van der Waals surface area contributed by atoms with Gasteiger partial charge in [-0.3, -0.25) is 4.79 Å². The molecule has 0 aromatic heterocycles. The highest BCUT2D eigenvalue weighted by molar-refractivity contribution is 6.34. The highest BCUT2D eigenvalue weighted by atomic mass is 35.5. The molecule has 1 nitrogen and oxygen atoms in total.